The minimum absolute atomic E-state index is 0.0615. The molecule has 1 aliphatic heterocycles. The Morgan fingerprint density at radius 1 is 1.45 bits per heavy atom. The van der Waals surface area contributed by atoms with Gasteiger partial charge in [-0.05, 0) is 18.3 Å². The van der Waals surface area contributed by atoms with Gasteiger partial charge in [0.1, 0.15) is 6.04 Å². The molecule has 1 aliphatic carbocycles. The molecule has 1 saturated heterocycles. The number of carboxylic acids is 1. The normalized spacial score (nSPS) is 29.1. The van der Waals surface area contributed by atoms with Crippen molar-refractivity contribution in [2.24, 2.45) is 11.3 Å². The molecule has 0 aromatic heterocycles. The van der Waals surface area contributed by atoms with Gasteiger partial charge in [-0.2, -0.15) is 0 Å². The molecule has 2 rings (SSSR count). The van der Waals surface area contributed by atoms with Crippen LogP contribution in [0.3, 0.4) is 0 Å². The average Bonchev–Trinajstić information content (AvgIpc) is 2.70. The van der Waals surface area contributed by atoms with E-state index >= 15 is 0 Å². The number of nitrogens with zero attached hydrogens (tertiary/aromatic N) is 1. The Bertz CT molecular complexity index is 433. The van der Waals surface area contributed by atoms with E-state index in [1.165, 1.54) is 4.90 Å². The maximum atomic E-state index is 12.7. The highest BCUT2D eigenvalue weighted by Gasteiger charge is 2.44. The second kappa shape index (κ2) is 5.42. The first-order chi connectivity index (χ1) is 9.33. The van der Waals surface area contributed by atoms with E-state index in [1.54, 1.807) is 0 Å². The molecule has 0 bridgehead atoms. The summed E-state index contributed by atoms with van der Waals surface area (Å²) in [6.07, 6.45) is 2.49. The number of carboxylic acid groups (broad SMARTS) is 1. The Morgan fingerprint density at radius 2 is 2.15 bits per heavy atom. The van der Waals surface area contributed by atoms with Crippen LogP contribution >= 0.6 is 0 Å². The largest absolute Gasteiger partial charge is 0.481 e. The number of amides is 2. The monoisotopic (exact) mass is 282 g/mol. The second-order valence-electron chi connectivity index (χ2n) is 6.37. The van der Waals surface area contributed by atoms with Crippen molar-refractivity contribution in [3.8, 4) is 0 Å². The second-order valence-corrected chi connectivity index (χ2v) is 6.37. The summed E-state index contributed by atoms with van der Waals surface area (Å²) < 4.78 is 0. The lowest BCUT2D eigenvalue weighted by Gasteiger charge is -2.38. The van der Waals surface area contributed by atoms with Gasteiger partial charge in [0.25, 0.3) is 0 Å². The van der Waals surface area contributed by atoms with Gasteiger partial charge in [-0.15, -0.1) is 0 Å². The van der Waals surface area contributed by atoms with E-state index in [0.29, 0.717) is 13.1 Å². The Morgan fingerprint density at radius 3 is 2.70 bits per heavy atom. The predicted molar refractivity (Wildman–Crippen MR) is 71.9 cm³/mol. The summed E-state index contributed by atoms with van der Waals surface area (Å²) in [5.74, 6) is -1.59. The number of rotatable bonds is 3. The fourth-order valence-electron chi connectivity index (χ4n) is 3.33. The predicted octanol–water partition coefficient (Wildman–Crippen LogP) is 0.614. The number of hydrogen-bond donors (Lipinski definition) is 2. The SMILES string of the molecule is CC1(C)CCCC1C(=O)N1CCNC(=O)C1CC(=O)O. The van der Waals surface area contributed by atoms with Gasteiger partial charge in [0.2, 0.25) is 11.8 Å². The minimum atomic E-state index is -1.06. The smallest absolute Gasteiger partial charge is 0.305 e. The molecule has 2 unspecified atom stereocenters. The van der Waals surface area contributed by atoms with Crippen LogP contribution in [0.25, 0.3) is 0 Å². The Kier molecular flexibility index (Phi) is 4.01. The molecule has 6 heteroatoms. The van der Waals surface area contributed by atoms with E-state index in [1.807, 2.05) is 0 Å². The third-order valence-electron chi connectivity index (χ3n) is 4.54. The lowest BCUT2D eigenvalue weighted by Crippen LogP contribution is -2.59. The molecule has 2 N–H and O–H groups in total. The van der Waals surface area contributed by atoms with Crippen molar-refractivity contribution in [3.63, 3.8) is 0 Å². The van der Waals surface area contributed by atoms with Gasteiger partial charge >= 0.3 is 5.97 Å². The van der Waals surface area contributed by atoms with Gasteiger partial charge in [0.05, 0.1) is 6.42 Å². The van der Waals surface area contributed by atoms with E-state index in [9.17, 15) is 14.4 Å². The highest BCUT2D eigenvalue weighted by atomic mass is 16.4. The first kappa shape index (κ1) is 14.8. The van der Waals surface area contributed by atoms with E-state index in [-0.39, 0.29) is 29.6 Å². The van der Waals surface area contributed by atoms with Gasteiger partial charge in [-0.25, -0.2) is 0 Å². The zero-order valence-electron chi connectivity index (χ0n) is 12.0. The topological polar surface area (TPSA) is 86.7 Å². The zero-order chi connectivity index (χ0) is 14.9. The van der Waals surface area contributed by atoms with Gasteiger partial charge in [0.15, 0.2) is 0 Å². The first-order valence-electron chi connectivity index (χ1n) is 7.13. The number of aliphatic carboxylic acids is 1. The third kappa shape index (κ3) is 2.78. The Hall–Kier alpha value is -1.59. The molecule has 2 fully saturated rings. The van der Waals surface area contributed by atoms with Gasteiger partial charge in [-0.1, -0.05) is 20.3 Å². The lowest BCUT2D eigenvalue weighted by molar-refractivity contribution is -0.152. The van der Waals surface area contributed by atoms with Crippen LogP contribution in [0.15, 0.2) is 0 Å². The van der Waals surface area contributed by atoms with E-state index in [4.69, 9.17) is 5.11 Å². The van der Waals surface area contributed by atoms with Gasteiger partial charge in [-0.3, -0.25) is 14.4 Å². The van der Waals surface area contributed by atoms with Crippen LogP contribution in [0.2, 0.25) is 0 Å². The van der Waals surface area contributed by atoms with Crippen LogP contribution in [0.1, 0.15) is 39.5 Å². The number of hydrogen-bond acceptors (Lipinski definition) is 3. The minimum Gasteiger partial charge on any atom is -0.481 e. The van der Waals surface area contributed by atoms with E-state index in [2.05, 4.69) is 19.2 Å². The molecule has 1 heterocycles. The van der Waals surface area contributed by atoms with Crippen LogP contribution in [0, 0.1) is 11.3 Å². The first-order valence-corrected chi connectivity index (χ1v) is 7.13. The van der Waals surface area contributed by atoms with Crippen molar-refractivity contribution in [2.75, 3.05) is 13.1 Å². The molecule has 2 atom stereocenters. The number of nitrogens with one attached hydrogen (secondary N) is 1. The maximum absolute atomic E-state index is 12.7. The van der Waals surface area contributed by atoms with Crippen molar-refractivity contribution in [3.05, 3.63) is 0 Å². The molecule has 0 spiro atoms. The Labute approximate surface area is 118 Å². The van der Waals surface area contributed by atoms with E-state index < -0.39 is 12.0 Å². The number of carbonyl (C=O) groups excluding carboxylic acids is 2. The van der Waals surface area contributed by atoms with E-state index in [0.717, 1.165) is 19.3 Å². The summed E-state index contributed by atoms with van der Waals surface area (Å²) in [5, 5.41) is 11.6. The molecule has 6 nitrogen and oxygen atoms in total. The average molecular weight is 282 g/mol. The van der Waals surface area contributed by atoms with Gasteiger partial charge in [0, 0.05) is 19.0 Å². The molecule has 0 aromatic rings. The number of piperazine rings is 1. The summed E-state index contributed by atoms with van der Waals surface area (Å²) >= 11 is 0. The summed E-state index contributed by atoms with van der Waals surface area (Å²) in [7, 11) is 0. The molecule has 1 saturated carbocycles. The quantitative estimate of drug-likeness (QED) is 0.794. The zero-order valence-corrected chi connectivity index (χ0v) is 12.0. The lowest BCUT2D eigenvalue weighted by atomic mass is 9.80. The van der Waals surface area contributed by atoms with Crippen LogP contribution in [-0.4, -0.2) is 46.9 Å². The van der Waals surface area contributed by atoms with Crippen LogP contribution in [-0.2, 0) is 14.4 Å². The summed E-state index contributed by atoms with van der Waals surface area (Å²) in [6.45, 7) is 4.93. The highest BCUT2D eigenvalue weighted by Crippen LogP contribution is 2.43. The van der Waals surface area contributed by atoms with Crippen molar-refractivity contribution in [1.82, 2.24) is 10.2 Å². The van der Waals surface area contributed by atoms with Crippen molar-refractivity contribution >= 4 is 17.8 Å². The molecular weight excluding hydrogens is 260 g/mol. The molecule has 112 valence electrons. The molecule has 2 aliphatic rings. The molecular formula is C14H22N2O4. The summed E-state index contributed by atoms with van der Waals surface area (Å²) in [6, 6.07) is -0.870. The van der Waals surface area contributed by atoms with Crippen LogP contribution < -0.4 is 5.32 Å². The molecule has 2 amide bonds. The van der Waals surface area contributed by atoms with Crippen molar-refractivity contribution < 1.29 is 19.5 Å². The number of carbonyl (C=O) groups is 3. The van der Waals surface area contributed by atoms with Crippen LogP contribution in [0.4, 0.5) is 0 Å². The fraction of sp³-hybridized carbons (Fsp3) is 0.786. The summed E-state index contributed by atoms with van der Waals surface area (Å²) in [5.41, 5.74) is -0.0707. The summed E-state index contributed by atoms with van der Waals surface area (Å²) in [4.78, 5) is 36.9. The highest BCUT2D eigenvalue weighted by molar-refractivity contribution is 5.92. The standard InChI is InChI=1S/C14H22N2O4/c1-14(2)5-3-4-9(14)13(20)16-7-6-15-12(19)10(16)8-11(17)18/h9-10H,3-8H2,1-2H3,(H,15,19)(H,17,18). The van der Waals surface area contributed by atoms with Gasteiger partial charge < -0.3 is 15.3 Å². The molecule has 0 radical (unpaired) electrons. The third-order valence-corrected chi connectivity index (χ3v) is 4.54. The Balaban J connectivity index is 2.17. The van der Waals surface area contributed by atoms with Crippen LogP contribution in [0.5, 0.6) is 0 Å². The molecule has 20 heavy (non-hydrogen) atoms. The molecule has 0 aromatic carbocycles. The maximum Gasteiger partial charge on any atom is 0.305 e. The fourth-order valence-corrected chi connectivity index (χ4v) is 3.33. The van der Waals surface area contributed by atoms with Crippen molar-refractivity contribution in [2.45, 2.75) is 45.6 Å². The van der Waals surface area contributed by atoms with Crippen molar-refractivity contribution in [1.29, 1.82) is 0 Å².